The molecule has 0 saturated heterocycles. The Morgan fingerprint density at radius 3 is 0.926 bits per heavy atom. The molecule has 0 aliphatic heterocycles. The van der Waals surface area contributed by atoms with Crippen LogP contribution in [-0.2, 0) is 26.7 Å². The van der Waals surface area contributed by atoms with Gasteiger partial charge in [-0.05, 0) is 0 Å². The summed E-state index contributed by atoms with van der Waals surface area (Å²) in [5, 5.41) is 90.4. The van der Waals surface area contributed by atoms with Crippen molar-refractivity contribution in [1.29, 1.82) is 0 Å². The van der Waals surface area contributed by atoms with Crippen LogP contribution >= 0.6 is 0 Å². The number of carboxylic acid groups (broad SMARTS) is 2. The largest absolute Gasteiger partial charge is 0.479 e. The second-order valence-corrected chi connectivity index (χ2v) is 6.74. The molecule has 0 aromatic rings. The van der Waals surface area contributed by atoms with E-state index in [4.69, 9.17) is 40.9 Å². The molecule has 0 bridgehead atoms. The molecule has 2 saturated carbocycles. The summed E-state index contributed by atoms with van der Waals surface area (Å²) in [5.74, 6) is -3.00. The topological polar surface area (TPSA) is 236 Å². The fraction of sp³-hybridized carbons (Fsp3) is 0.857. The molecule has 4 atom stereocenters. The third-order valence-electron chi connectivity index (χ3n) is 4.56. The number of hydrogen-bond acceptors (Lipinski definition) is 10. The van der Waals surface area contributed by atoms with Crippen molar-refractivity contribution in [2.45, 2.75) is 73.5 Å². The molecule has 10 N–H and O–H groups in total. The standard InChI is InChI=1S/2C7H12O6.Cu/c2*8-3-1-7(13,6(11)12)2-4(9)5(3)10;/h2*3-5,8-10,13H,1-2H2,(H,11,12);. The molecule has 1 radical (unpaired) electrons. The second-order valence-electron chi connectivity index (χ2n) is 6.74. The fourth-order valence-electron chi connectivity index (χ4n) is 2.90. The fourth-order valence-corrected chi connectivity index (χ4v) is 2.90. The van der Waals surface area contributed by atoms with Gasteiger partial charge in [-0.25, -0.2) is 9.59 Å². The first-order valence-corrected chi connectivity index (χ1v) is 7.73. The molecule has 12 nitrogen and oxygen atoms in total. The Balaban J connectivity index is 0.000000483. The van der Waals surface area contributed by atoms with Crippen molar-refractivity contribution in [3.05, 3.63) is 0 Å². The minimum Gasteiger partial charge on any atom is -0.479 e. The van der Waals surface area contributed by atoms with E-state index < -0.39 is 85.4 Å². The average Bonchev–Trinajstić information content (AvgIpc) is 2.50. The first-order chi connectivity index (χ1) is 11.7. The molecule has 0 amide bonds. The van der Waals surface area contributed by atoms with Crippen LogP contribution in [0.3, 0.4) is 0 Å². The van der Waals surface area contributed by atoms with Crippen LogP contribution < -0.4 is 0 Å². The van der Waals surface area contributed by atoms with Crippen molar-refractivity contribution in [2.75, 3.05) is 0 Å². The van der Waals surface area contributed by atoms with E-state index in [0.717, 1.165) is 0 Å². The Morgan fingerprint density at radius 2 is 0.778 bits per heavy atom. The van der Waals surface area contributed by atoms with Crippen molar-refractivity contribution in [3.63, 3.8) is 0 Å². The Kier molecular flexibility index (Phi) is 9.26. The van der Waals surface area contributed by atoms with E-state index in [1.807, 2.05) is 0 Å². The van der Waals surface area contributed by atoms with Crippen LogP contribution in [-0.4, -0.2) is 111 Å². The molecule has 0 heterocycles. The van der Waals surface area contributed by atoms with E-state index in [2.05, 4.69) is 0 Å². The Bertz CT molecular complexity index is 458. The van der Waals surface area contributed by atoms with Gasteiger partial charge in [-0.15, -0.1) is 0 Å². The molecule has 2 aliphatic carbocycles. The number of rotatable bonds is 2. The van der Waals surface area contributed by atoms with Crippen molar-refractivity contribution in [1.82, 2.24) is 0 Å². The zero-order chi connectivity index (χ0) is 20.4. The second kappa shape index (κ2) is 9.56. The summed E-state index contributed by atoms with van der Waals surface area (Å²) in [6.07, 6.45) is -10.3. The van der Waals surface area contributed by atoms with Gasteiger partial charge in [0.2, 0.25) is 0 Å². The van der Waals surface area contributed by atoms with Crippen LogP contribution in [0, 0.1) is 0 Å². The number of carbonyl (C=O) groups is 2. The molecule has 0 aromatic heterocycles. The summed E-state index contributed by atoms with van der Waals surface area (Å²) in [6.45, 7) is 0. The third-order valence-corrected chi connectivity index (χ3v) is 4.56. The van der Waals surface area contributed by atoms with E-state index in [9.17, 15) is 19.8 Å². The Hall–Kier alpha value is -0.861. The van der Waals surface area contributed by atoms with Crippen molar-refractivity contribution < 1.29 is 77.7 Å². The number of carboxylic acids is 2. The zero-order valence-corrected chi connectivity index (χ0v) is 14.8. The van der Waals surface area contributed by atoms with Crippen molar-refractivity contribution >= 4 is 11.9 Å². The van der Waals surface area contributed by atoms with Gasteiger partial charge in [-0.3, -0.25) is 0 Å². The van der Waals surface area contributed by atoms with Gasteiger partial charge in [0.1, 0.15) is 12.2 Å². The Labute approximate surface area is 163 Å². The molecular weight excluding hydrogens is 424 g/mol. The molecule has 2 aliphatic rings. The summed E-state index contributed by atoms with van der Waals surface area (Å²) in [7, 11) is 0. The predicted octanol–water partition coefficient (Wildman–Crippen LogP) is -4.65. The van der Waals surface area contributed by atoms with E-state index >= 15 is 0 Å². The van der Waals surface area contributed by atoms with Crippen LogP contribution in [0.4, 0.5) is 0 Å². The van der Waals surface area contributed by atoms with Crippen LogP contribution in [0.25, 0.3) is 0 Å². The molecule has 27 heavy (non-hydrogen) atoms. The minimum atomic E-state index is -2.14. The van der Waals surface area contributed by atoms with Crippen molar-refractivity contribution in [3.8, 4) is 0 Å². The number of hydrogen-bond donors (Lipinski definition) is 10. The van der Waals surface area contributed by atoms with Gasteiger partial charge in [-0.1, -0.05) is 0 Å². The van der Waals surface area contributed by atoms with Gasteiger partial charge in [0.15, 0.2) is 11.2 Å². The molecule has 13 heteroatoms. The zero-order valence-electron chi connectivity index (χ0n) is 13.9. The predicted molar refractivity (Wildman–Crippen MR) is 79.7 cm³/mol. The number of aliphatic carboxylic acids is 2. The monoisotopic (exact) mass is 447 g/mol. The smallest absolute Gasteiger partial charge is 0.335 e. The average molecular weight is 448 g/mol. The van der Waals surface area contributed by atoms with Crippen LogP contribution in [0.15, 0.2) is 0 Å². The molecule has 163 valence electrons. The maximum Gasteiger partial charge on any atom is 0.335 e. The third kappa shape index (κ3) is 6.06. The van der Waals surface area contributed by atoms with Crippen LogP contribution in [0.1, 0.15) is 25.7 Å². The molecule has 0 aromatic carbocycles. The maximum atomic E-state index is 10.5. The van der Waals surface area contributed by atoms with Gasteiger partial charge < -0.3 is 51.1 Å². The van der Waals surface area contributed by atoms with Gasteiger partial charge in [0.25, 0.3) is 0 Å². The van der Waals surface area contributed by atoms with E-state index in [-0.39, 0.29) is 17.1 Å². The number of aliphatic hydroxyl groups excluding tert-OH is 6. The van der Waals surface area contributed by atoms with Gasteiger partial charge in [-0.2, -0.15) is 0 Å². The molecular formula is C14H24CuO12. The van der Waals surface area contributed by atoms with E-state index in [0.29, 0.717) is 0 Å². The van der Waals surface area contributed by atoms with Gasteiger partial charge in [0, 0.05) is 42.8 Å². The summed E-state index contributed by atoms with van der Waals surface area (Å²) < 4.78 is 0. The van der Waals surface area contributed by atoms with E-state index in [1.54, 1.807) is 0 Å². The van der Waals surface area contributed by atoms with Gasteiger partial charge >= 0.3 is 11.9 Å². The summed E-state index contributed by atoms with van der Waals surface area (Å²) >= 11 is 0. The number of aliphatic hydroxyl groups is 8. The normalized spacial score (nSPS) is 44.3. The maximum absolute atomic E-state index is 10.5. The molecule has 2 rings (SSSR count). The summed E-state index contributed by atoms with van der Waals surface area (Å²) in [4.78, 5) is 21.0. The van der Waals surface area contributed by atoms with Crippen LogP contribution in [0.5, 0.6) is 0 Å². The molecule has 2 fully saturated rings. The first-order valence-electron chi connectivity index (χ1n) is 7.73. The van der Waals surface area contributed by atoms with Crippen LogP contribution in [0.2, 0.25) is 0 Å². The van der Waals surface area contributed by atoms with Crippen molar-refractivity contribution in [2.24, 2.45) is 0 Å². The Morgan fingerprint density at radius 1 is 0.593 bits per heavy atom. The minimum absolute atomic E-state index is 0. The SMILES string of the molecule is O=C(O)C1(O)CC(O)C(O)C(O)C1.O=C(O)C1(O)CC(O)C(O)C(O)C1.[Cu]. The quantitative estimate of drug-likeness (QED) is 0.180. The molecule has 0 spiro atoms. The summed E-state index contributed by atoms with van der Waals surface area (Å²) in [5.41, 5.74) is -4.28. The van der Waals surface area contributed by atoms with E-state index in [1.165, 1.54) is 0 Å². The first kappa shape index (κ1) is 26.1. The molecule has 4 unspecified atom stereocenters. The summed E-state index contributed by atoms with van der Waals surface area (Å²) in [6, 6.07) is 0. The van der Waals surface area contributed by atoms with Gasteiger partial charge in [0.05, 0.1) is 24.4 Å².